The fourth-order valence-electron chi connectivity index (χ4n) is 1.11. The molecule has 0 aromatic rings. The Balaban J connectivity index is 2.97. The lowest BCUT2D eigenvalue weighted by atomic mass is 10.0. The molecule has 1 atom stereocenters. The molecular formula is C9H20O. The molecule has 0 N–H and O–H groups in total. The highest BCUT2D eigenvalue weighted by atomic mass is 16.5. The Bertz CT molecular complexity index is 61.7. The van der Waals surface area contributed by atoms with Gasteiger partial charge in [-0.25, -0.2) is 0 Å². The first-order chi connectivity index (χ1) is 4.81. The summed E-state index contributed by atoms with van der Waals surface area (Å²) in [6, 6.07) is 0. The van der Waals surface area contributed by atoms with E-state index in [-0.39, 0.29) is 0 Å². The van der Waals surface area contributed by atoms with E-state index in [4.69, 9.17) is 4.74 Å². The average molecular weight is 144 g/mol. The zero-order chi connectivity index (χ0) is 7.82. The van der Waals surface area contributed by atoms with Crippen molar-refractivity contribution < 1.29 is 4.74 Å². The number of hydrogen-bond donors (Lipinski definition) is 0. The third kappa shape index (κ3) is 6.09. The third-order valence-electron chi connectivity index (χ3n) is 1.75. The van der Waals surface area contributed by atoms with E-state index in [1.807, 2.05) is 0 Å². The lowest BCUT2D eigenvalue weighted by Crippen LogP contribution is -2.02. The van der Waals surface area contributed by atoms with Crippen LogP contribution in [0.1, 0.15) is 39.5 Å². The summed E-state index contributed by atoms with van der Waals surface area (Å²) in [5.74, 6) is 0.747. The van der Waals surface area contributed by atoms with Crippen LogP contribution in [0.25, 0.3) is 0 Å². The Kier molecular flexibility index (Phi) is 7.04. The van der Waals surface area contributed by atoms with Gasteiger partial charge in [0.25, 0.3) is 0 Å². The number of rotatable bonds is 6. The van der Waals surface area contributed by atoms with Gasteiger partial charge in [0.15, 0.2) is 0 Å². The fourth-order valence-corrected chi connectivity index (χ4v) is 1.11. The van der Waals surface area contributed by atoms with Gasteiger partial charge in [0, 0.05) is 13.7 Å². The smallest absolute Gasteiger partial charge is 0.0487 e. The SMILES string of the molecule is CCCCC[C@H](C)COC. The number of unbranched alkanes of at least 4 members (excludes halogenated alkanes) is 2. The molecule has 0 saturated heterocycles. The van der Waals surface area contributed by atoms with Crippen molar-refractivity contribution in [1.29, 1.82) is 0 Å². The molecule has 0 aliphatic heterocycles. The molecule has 0 bridgehead atoms. The van der Waals surface area contributed by atoms with Crippen molar-refractivity contribution >= 4 is 0 Å². The van der Waals surface area contributed by atoms with Crippen molar-refractivity contribution in [1.82, 2.24) is 0 Å². The van der Waals surface area contributed by atoms with Crippen molar-refractivity contribution in [2.75, 3.05) is 13.7 Å². The molecule has 1 nitrogen and oxygen atoms in total. The summed E-state index contributed by atoms with van der Waals surface area (Å²) in [5.41, 5.74) is 0. The summed E-state index contributed by atoms with van der Waals surface area (Å²) in [6.07, 6.45) is 5.37. The van der Waals surface area contributed by atoms with Crippen LogP contribution in [0.2, 0.25) is 0 Å². The molecule has 0 fully saturated rings. The van der Waals surface area contributed by atoms with Gasteiger partial charge in [-0.1, -0.05) is 33.1 Å². The molecular weight excluding hydrogens is 124 g/mol. The molecule has 0 rings (SSSR count). The predicted octanol–water partition coefficient (Wildman–Crippen LogP) is 2.85. The topological polar surface area (TPSA) is 9.23 Å². The normalized spacial score (nSPS) is 13.5. The number of hydrogen-bond acceptors (Lipinski definition) is 1. The zero-order valence-corrected chi connectivity index (χ0v) is 7.52. The second-order valence-corrected chi connectivity index (χ2v) is 3.06. The van der Waals surface area contributed by atoms with Crippen LogP contribution in [0.15, 0.2) is 0 Å². The van der Waals surface area contributed by atoms with Crippen LogP contribution in [0.4, 0.5) is 0 Å². The molecule has 0 amide bonds. The van der Waals surface area contributed by atoms with Crippen molar-refractivity contribution in [3.8, 4) is 0 Å². The van der Waals surface area contributed by atoms with Gasteiger partial charge in [0.2, 0.25) is 0 Å². The second-order valence-electron chi connectivity index (χ2n) is 3.06. The number of ether oxygens (including phenoxy) is 1. The molecule has 0 aliphatic carbocycles. The van der Waals surface area contributed by atoms with E-state index in [9.17, 15) is 0 Å². The van der Waals surface area contributed by atoms with Gasteiger partial charge in [-0.15, -0.1) is 0 Å². The van der Waals surface area contributed by atoms with Gasteiger partial charge in [-0.2, -0.15) is 0 Å². The Labute approximate surface area is 64.8 Å². The van der Waals surface area contributed by atoms with Gasteiger partial charge >= 0.3 is 0 Å². The standard InChI is InChI=1S/C9H20O/c1-4-5-6-7-9(2)8-10-3/h9H,4-8H2,1-3H3/t9-/m0/s1. The van der Waals surface area contributed by atoms with Gasteiger partial charge in [0.1, 0.15) is 0 Å². The maximum atomic E-state index is 5.03. The van der Waals surface area contributed by atoms with E-state index in [2.05, 4.69) is 13.8 Å². The van der Waals surface area contributed by atoms with Crippen LogP contribution >= 0.6 is 0 Å². The van der Waals surface area contributed by atoms with E-state index in [1.54, 1.807) is 7.11 Å². The highest BCUT2D eigenvalue weighted by molar-refractivity contribution is 4.50. The molecule has 0 spiro atoms. The van der Waals surface area contributed by atoms with Gasteiger partial charge in [-0.3, -0.25) is 0 Å². The highest BCUT2D eigenvalue weighted by Crippen LogP contribution is 2.08. The molecule has 0 heterocycles. The number of methoxy groups -OCH3 is 1. The highest BCUT2D eigenvalue weighted by Gasteiger charge is 1.98. The molecule has 62 valence electrons. The Morgan fingerprint density at radius 1 is 1.30 bits per heavy atom. The Morgan fingerprint density at radius 2 is 2.00 bits per heavy atom. The lowest BCUT2D eigenvalue weighted by Gasteiger charge is -2.08. The van der Waals surface area contributed by atoms with E-state index < -0.39 is 0 Å². The molecule has 0 aromatic heterocycles. The molecule has 0 unspecified atom stereocenters. The van der Waals surface area contributed by atoms with Crippen LogP contribution in [-0.2, 0) is 4.74 Å². The summed E-state index contributed by atoms with van der Waals surface area (Å²) in [5, 5.41) is 0. The Hall–Kier alpha value is -0.0400. The maximum absolute atomic E-state index is 5.03. The second kappa shape index (κ2) is 7.07. The fraction of sp³-hybridized carbons (Fsp3) is 1.00. The van der Waals surface area contributed by atoms with Crippen LogP contribution in [0, 0.1) is 5.92 Å². The molecule has 0 aliphatic rings. The molecule has 0 saturated carbocycles. The summed E-state index contributed by atoms with van der Waals surface area (Å²) < 4.78 is 5.03. The van der Waals surface area contributed by atoms with Gasteiger partial charge in [-0.05, 0) is 12.3 Å². The van der Waals surface area contributed by atoms with Crippen molar-refractivity contribution in [2.45, 2.75) is 39.5 Å². The van der Waals surface area contributed by atoms with Crippen molar-refractivity contribution in [3.63, 3.8) is 0 Å². The van der Waals surface area contributed by atoms with Crippen LogP contribution < -0.4 is 0 Å². The molecule has 10 heavy (non-hydrogen) atoms. The Morgan fingerprint density at radius 3 is 2.50 bits per heavy atom. The minimum absolute atomic E-state index is 0.747. The summed E-state index contributed by atoms with van der Waals surface area (Å²) in [7, 11) is 1.77. The van der Waals surface area contributed by atoms with Crippen molar-refractivity contribution in [2.24, 2.45) is 5.92 Å². The predicted molar refractivity (Wildman–Crippen MR) is 45.2 cm³/mol. The maximum Gasteiger partial charge on any atom is 0.0487 e. The van der Waals surface area contributed by atoms with Gasteiger partial charge in [0.05, 0.1) is 0 Å². The van der Waals surface area contributed by atoms with E-state index in [0.29, 0.717) is 0 Å². The lowest BCUT2D eigenvalue weighted by molar-refractivity contribution is 0.154. The summed E-state index contributed by atoms with van der Waals surface area (Å²) >= 11 is 0. The minimum Gasteiger partial charge on any atom is -0.384 e. The third-order valence-corrected chi connectivity index (χ3v) is 1.75. The quantitative estimate of drug-likeness (QED) is 0.521. The van der Waals surface area contributed by atoms with Crippen LogP contribution in [0.3, 0.4) is 0 Å². The zero-order valence-electron chi connectivity index (χ0n) is 7.52. The summed E-state index contributed by atoms with van der Waals surface area (Å²) in [6.45, 7) is 5.41. The van der Waals surface area contributed by atoms with E-state index in [0.717, 1.165) is 12.5 Å². The van der Waals surface area contributed by atoms with Crippen LogP contribution in [0.5, 0.6) is 0 Å². The van der Waals surface area contributed by atoms with E-state index >= 15 is 0 Å². The van der Waals surface area contributed by atoms with E-state index in [1.165, 1.54) is 25.7 Å². The first kappa shape index (κ1) is 9.96. The minimum atomic E-state index is 0.747. The first-order valence-corrected chi connectivity index (χ1v) is 4.30. The molecule has 0 aromatic carbocycles. The first-order valence-electron chi connectivity index (χ1n) is 4.30. The largest absolute Gasteiger partial charge is 0.384 e. The summed E-state index contributed by atoms with van der Waals surface area (Å²) in [4.78, 5) is 0. The monoisotopic (exact) mass is 144 g/mol. The van der Waals surface area contributed by atoms with Crippen LogP contribution in [-0.4, -0.2) is 13.7 Å². The average Bonchev–Trinajstić information content (AvgIpc) is 1.89. The molecule has 1 heteroatoms. The van der Waals surface area contributed by atoms with Crippen molar-refractivity contribution in [3.05, 3.63) is 0 Å². The molecule has 0 radical (unpaired) electrons. The van der Waals surface area contributed by atoms with Gasteiger partial charge < -0.3 is 4.74 Å².